The van der Waals surface area contributed by atoms with E-state index in [1.54, 1.807) is 38.2 Å². The molecule has 1 atom stereocenters. The van der Waals surface area contributed by atoms with Crippen LogP contribution in [0.4, 0.5) is 0 Å². The van der Waals surface area contributed by atoms with Crippen molar-refractivity contribution in [3.05, 3.63) is 63.6 Å². The molecule has 0 aliphatic carbocycles. The lowest BCUT2D eigenvalue weighted by Crippen LogP contribution is -2.48. The summed E-state index contributed by atoms with van der Waals surface area (Å²) < 4.78 is 6.48. The molecule has 2 amide bonds. The molecule has 0 radical (unpaired) electrons. The maximum Gasteiger partial charge on any atom is 0.261 e. The molecule has 0 saturated carbocycles. The predicted molar refractivity (Wildman–Crippen MR) is 105 cm³/mol. The van der Waals surface area contributed by atoms with Gasteiger partial charge in [0.25, 0.3) is 5.91 Å². The van der Waals surface area contributed by atoms with Gasteiger partial charge in [-0.1, -0.05) is 39.7 Å². The van der Waals surface area contributed by atoms with E-state index in [2.05, 4.69) is 21.2 Å². The third kappa shape index (κ3) is 5.75. The molecule has 2 aromatic carbocycles. The zero-order valence-electron chi connectivity index (χ0n) is 14.5. The molecule has 138 valence electrons. The molecule has 2 rings (SSSR count). The number of amides is 2. The van der Waals surface area contributed by atoms with Crippen molar-refractivity contribution in [1.82, 2.24) is 10.2 Å². The topological polar surface area (TPSA) is 58.6 Å². The number of carbonyl (C=O) groups is 2. The molecule has 0 aliphatic rings. The maximum absolute atomic E-state index is 12.7. The first-order valence-corrected chi connectivity index (χ1v) is 9.21. The summed E-state index contributed by atoms with van der Waals surface area (Å²) in [6.45, 7) is 1.78. The molecular weight excluding hydrogens is 420 g/mol. The Labute approximate surface area is 166 Å². The van der Waals surface area contributed by atoms with E-state index in [1.165, 1.54) is 4.90 Å². The van der Waals surface area contributed by atoms with Crippen LogP contribution in [0.5, 0.6) is 5.75 Å². The van der Waals surface area contributed by atoms with Crippen molar-refractivity contribution >= 4 is 39.3 Å². The number of likely N-dealkylation sites (N-methyl/N-ethyl adjacent to an activating group) is 1. The summed E-state index contributed by atoms with van der Waals surface area (Å²) in [5.74, 6) is 0.0462. The maximum atomic E-state index is 12.7. The zero-order valence-corrected chi connectivity index (χ0v) is 16.9. The summed E-state index contributed by atoms with van der Waals surface area (Å²) in [6, 6.07) is 13.8. The van der Waals surface area contributed by atoms with Gasteiger partial charge in [0.15, 0.2) is 6.61 Å². The van der Waals surface area contributed by atoms with Gasteiger partial charge in [-0.05, 0) is 48.9 Å². The number of hydrogen-bond acceptors (Lipinski definition) is 3. The van der Waals surface area contributed by atoms with E-state index >= 15 is 0 Å². The van der Waals surface area contributed by atoms with Crippen LogP contribution in [0.15, 0.2) is 53.0 Å². The first-order valence-electron chi connectivity index (χ1n) is 8.04. The molecule has 5 nitrogen and oxygen atoms in total. The van der Waals surface area contributed by atoms with Crippen LogP contribution in [0.1, 0.15) is 12.5 Å². The van der Waals surface area contributed by atoms with E-state index < -0.39 is 6.04 Å². The van der Waals surface area contributed by atoms with Crippen LogP contribution in [0.3, 0.4) is 0 Å². The smallest absolute Gasteiger partial charge is 0.261 e. The number of hydrogen-bond donors (Lipinski definition) is 1. The molecule has 0 bridgehead atoms. The van der Waals surface area contributed by atoms with Gasteiger partial charge in [0, 0.05) is 23.1 Å². The molecule has 26 heavy (non-hydrogen) atoms. The fourth-order valence-corrected chi connectivity index (χ4v) is 2.86. The van der Waals surface area contributed by atoms with Crippen LogP contribution >= 0.6 is 27.5 Å². The lowest BCUT2D eigenvalue weighted by molar-refractivity contribution is -0.142. The number of benzene rings is 2. The van der Waals surface area contributed by atoms with Gasteiger partial charge in [-0.3, -0.25) is 9.59 Å². The van der Waals surface area contributed by atoms with Crippen LogP contribution in [-0.2, 0) is 16.1 Å². The van der Waals surface area contributed by atoms with Crippen LogP contribution in [0.2, 0.25) is 5.02 Å². The van der Waals surface area contributed by atoms with Crippen molar-refractivity contribution in [3.8, 4) is 5.75 Å². The van der Waals surface area contributed by atoms with Crippen LogP contribution in [0, 0.1) is 0 Å². The highest BCUT2D eigenvalue weighted by Crippen LogP contribution is 2.17. The Balaban J connectivity index is 2.12. The quantitative estimate of drug-likeness (QED) is 0.716. The Kier molecular flexibility index (Phi) is 7.48. The minimum Gasteiger partial charge on any atom is -0.484 e. The van der Waals surface area contributed by atoms with Crippen molar-refractivity contribution < 1.29 is 14.3 Å². The number of nitrogens with one attached hydrogen (secondary N) is 1. The van der Waals surface area contributed by atoms with Gasteiger partial charge in [-0.25, -0.2) is 0 Å². The standard InChI is InChI=1S/C19H20BrClN2O3/c1-13(19(25)22-2)23(11-14-4-3-5-16(21)10-14)18(24)12-26-17-8-6-15(20)7-9-17/h3-10,13H,11-12H2,1-2H3,(H,22,25)/t13-/m0/s1. The fourth-order valence-electron chi connectivity index (χ4n) is 2.38. The lowest BCUT2D eigenvalue weighted by Gasteiger charge is -2.28. The third-order valence-corrected chi connectivity index (χ3v) is 4.60. The Morgan fingerprint density at radius 2 is 1.92 bits per heavy atom. The summed E-state index contributed by atoms with van der Waals surface area (Å²) in [5, 5.41) is 3.15. The molecule has 0 aromatic heterocycles. The van der Waals surface area contributed by atoms with Crippen molar-refractivity contribution in [1.29, 1.82) is 0 Å². The number of carbonyl (C=O) groups excluding carboxylic acids is 2. The molecule has 0 spiro atoms. The number of ether oxygens (including phenoxy) is 1. The second-order valence-corrected chi connectivity index (χ2v) is 7.04. The highest BCUT2D eigenvalue weighted by Gasteiger charge is 2.25. The normalized spacial score (nSPS) is 11.5. The van der Waals surface area contributed by atoms with Gasteiger partial charge in [0.05, 0.1) is 0 Å². The van der Waals surface area contributed by atoms with E-state index in [1.807, 2.05) is 24.3 Å². The highest BCUT2D eigenvalue weighted by molar-refractivity contribution is 9.10. The van der Waals surface area contributed by atoms with Gasteiger partial charge in [0.1, 0.15) is 11.8 Å². The number of halogens is 2. The zero-order chi connectivity index (χ0) is 19.1. The molecule has 0 unspecified atom stereocenters. The molecule has 1 N–H and O–H groups in total. The van der Waals surface area contributed by atoms with Crippen molar-refractivity contribution in [2.45, 2.75) is 19.5 Å². The number of rotatable bonds is 7. The van der Waals surface area contributed by atoms with E-state index in [0.29, 0.717) is 10.8 Å². The fraction of sp³-hybridized carbons (Fsp3) is 0.263. The van der Waals surface area contributed by atoms with Crippen molar-refractivity contribution in [3.63, 3.8) is 0 Å². The van der Waals surface area contributed by atoms with Crippen molar-refractivity contribution in [2.75, 3.05) is 13.7 Å². The first kappa shape index (κ1) is 20.3. The lowest BCUT2D eigenvalue weighted by atomic mass is 10.1. The van der Waals surface area contributed by atoms with E-state index in [9.17, 15) is 9.59 Å². The predicted octanol–water partition coefficient (Wildman–Crippen LogP) is 3.64. The molecule has 7 heteroatoms. The van der Waals surface area contributed by atoms with Gasteiger partial charge >= 0.3 is 0 Å². The largest absolute Gasteiger partial charge is 0.484 e. The minimum atomic E-state index is -0.639. The van der Waals surface area contributed by atoms with E-state index in [-0.39, 0.29) is 25.0 Å². The Bertz CT molecular complexity index is 768. The van der Waals surface area contributed by atoms with Gasteiger partial charge in [0.2, 0.25) is 5.91 Å². The van der Waals surface area contributed by atoms with Crippen LogP contribution in [0.25, 0.3) is 0 Å². The highest BCUT2D eigenvalue weighted by atomic mass is 79.9. The summed E-state index contributed by atoms with van der Waals surface area (Å²) in [6.07, 6.45) is 0. The summed E-state index contributed by atoms with van der Waals surface area (Å²) in [7, 11) is 1.54. The summed E-state index contributed by atoms with van der Waals surface area (Å²) in [5.41, 5.74) is 0.838. The molecule has 0 saturated heterocycles. The van der Waals surface area contributed by atoms with Crippen molar-refractivity contribution in [2.24, 2.45) is 0 Å². The third-order valence-electron chi connectivity index (χ3n) is 3.83. The molecule has 0 heterocycles. The van der Waals surface area contributed by atoms with Gasteiger partial charge in [-0.15, -0.1) is 0 Å². The van der Waals surface area contributed by atoms with Gasteiger partial charge in [-0.2, -0.15) is 0 Å². The summed E-state index contributed by atoms with van der Waals surface area (Å²) in [4.78, 5) is 26.2. The van der Waals surface area contributed by atoms with E-state index in [4.69, 9.17) is 16.3 Å². The Morgan fingerprint density at radius 3 is 2.54 bits per heavy atom. The monoisotopic (exact) mass is 438 g/mol. The average molecular weight is 440 g/mol. The molecule has 0 fully saturated rings. The molecular formula is C19H20BrClN2O3. The SMILES string of the molecule is CNC(=O)[C@H](C)N(Cc1cccc(Cl)c1)C(=O)COc1ccc(Br)cc1. The van der Waals surface area contributed by atoms with Gasteiger partial charge < -0.3 is 15.0 Å². The molecule has 2 aromatic rings. The number of nitrogens with zero attached hydrogens (tertiary/aromatic N) is 1. The average Bonchev–Trinajstić information content (AvgIpc) is 2.64. The second-order valence-electron chi connectivity index (χ2n) is 5.68. The Hall–Kier alpha value is -2.05. The summed E-state index contributed by atoms with van der Waals surface area (Å²) >= 11 is 9.37. The first-order chi connectivity index (χ1) is 12.4. The second kappa shape index (κ2) is 9.59. The minimum absolute atomic E-state index is 0.163. The molecule has 0 aliphatic heterocycles. The Morgan fingerprint density at radius 1 is 1.23 bits per heavy atom. The van der Waals surface area contributed by atoms with E-state index in [0.717, 1.165) is 10.0 Å². The van der Waals surface area contributed by atoms with Crippen LogP contribution < -0.4 is 10.1 Å². The van der Waals surface area contributed by atoms with Crippen LogP contribution in [-0.4, -0.2) is 36.4 Å².